The van der Waals surface area contributed by atoms with Crippen LogP contribution in [-0.4, -0.2) is 4.57 Å². The van der Waals surface area contributed by atoms with Crippen LogP contribution in [-0.2, 0) is 6.54 Å². The van der Waals surface area contributed by atoms with E-state index in [2.05, 4.69) is 22.6 Å². The molecule has 0 aromatic carbocycles. The Morgan fingerprint density at radius 2 is 2.31 bits per heavy atom. The van der Waals surface area contributed by atoms with E-state index in [9.17, 15) is 4.79 Å². The van der Waals surface area contributed by atoms with Crippen LogP contribution in [0.1, 0.15) is 18.4 Å². The van der Waals surface area contributed by atoms with Crippen molar-refractivity contribution in [2.24, 2.45) is 5.92 Å². The molecule has 2 nitrogen and oxygen atoms in total. The minimum Gasteiger partial charge on any atom is -0.314 e. The van der Waals surface area contributed by atoms with E-state index in [1.165, 1.54) is 16.4 Å². The first-order valence-corrected chi connectivity index (χ1v) is 5.61. The molecular weight excluding hydrogens is 277 g/mol. The predicted molar refractivity (Wildman–Crippen MR) is 60.9 cm³/mol. The molecule has 0 amide bonds. The second-order valence-electron chi connectivity index (χ2n) is 3.74. The normalized spacial score (nSPS) is 16.2. The van der Waals surface area contributed by atoms with Crippen LogP contribution in [0.4, 0.5) is 0 Å². The summed E-state index contributed by atoms with van der Waals surface area (Å²) in [6.45, 7) is 2.89. The van der Waals surface area contributed by atoms with Crippen LogP contribution in [0.3, 0.4) is 0 Å². The standard InChI is InChI=1S/C10H12INO/c1-7-4-10(13)12(6-9(7)11)5-8-2-3-8/h4,6,8H,2-3,5H2,1H3. The lowest BCUT2D eigenvalue weighted by atomic mass is 10.3. The van der Waals surface area contributed by atoms with Crippen molar-refractivity contribution < 1.29 is 0 Å². The van der Waals surface area contributed by atoms with Gasteiger partial charge in [-0.15, -0.1) is 0 Å². The topological polar surface area (TPSA) is 22.0 Å². The van der Waals surface area contributed by atoms with E-state index in [4.69, 9.17) is 0 Å². The van der Waals surface area contributed by atoms with E-state index >= 15 is 0 Å². The van der Waals surface area contributed by atoms with Crippen molar-refractivity contribution in [1.29, 1.82) is 0 Å². The Labute approximate surface area is 91.1 Å². The van der Waals surface area contributed by atoms with Gasteiger partial charge >= 0.3 is 0 Å². The minimum atomic E-state index is 0.143. The van der Waals surface area contributed by atoms with Gasteiger partial charge in [0.1, 0.15) is 0 Å². The zero-order valence-electron chi connectivity index (χ0n) is 7.59. The number of nitrogens with zero attached hydrogens (tertiary/aromatic N) is 1. The number of aryl methyl sites for hydroxylation is 1. The Morgan fingerprint density at radius 3 is 2.92 bits per heavy atom. The third-order valence-corrected chi connectivity index (χ3v) is 3.55. The average molecular weight is 289 g/mol. The van der Waals surface area contributed by atoms with E-state index in [-0.39, 0.29) is 5.56 Å². The molecule has 0 radical (unpaired) electrons. The fourth-order valence-electron chi connectivity index (χ4n) is 1.36. The molecule has 0 bridgehead atoms. The molecule has 0 saturated heterocycles. The minimum absolute atomic E-state index is 0.143. The van der Waals surface area contributed by atoms with Crippen molar-refractivity contribution in [3.63, 3.8) is 0 Å². The van der Waals surface area contributed by atoms with Crippen molar-refractivity contribution in [2.45, 2.75) is 26.3 Å². The maximum atomic E-state index is 11.5. The lowest BCUT2D eigenvalue weighted by molar-refractivity contribution is 0.604. The smallest absolute Gasteiger partial charge is 0.250 e. The van der Waals surface area contributed by atoms with Gasteiger partial charge < -0.3 is 4.57 Å². The van der Waals surface area contributed by atoms with E-state index in [0.29, 0.717) is 0 Å². The predicted octanol–water partition coefficient (Wildman–Crippen LogP) is 2.17. The first-order valence-electron chi connectivity index (χ1n) is 4.53. The molecule has 70 valence electrons. The van der Waals surface area contributed by atoms with Crippen molar-refractivity contribution in [3.05, 3.63) is 31.8 Å². The van der Waals surface area contributed by atoms with E-state index in [1.54, 1.807) is 6.07 Å². The summed E-state index contributed by atoms with van der Waals surface area (Å²) in [4.78, 5) is 11.5. The molecule has 1 heterocycles. The van der Waals surface area contributed by atoms with E-state index < -0.39 is 0 Å². The molecule has 3 heteroatoms. The molecule has 1 aromatic rings. The molecule has 0 unspecified atom stereocenters. The summed E-state index contributed by atoms with van der Waals surface area (Å²) in [6.07, 6.45) is 4.55. The fraction of sp³-hybridized carbons (Fsp3) is 0.500. The second kappa shape index (κ2) is 3.44. The van der Waals surface area contributed by atoms with Crippen molar-refractivity contribution in [2.75, 3.05) is 0 Å². The second-order valence-corrected chi connectivity index (χ2v) is 4.90. The molecule has 13 heavy (non-hydrogen) atoms. The fourth-order valence-corrected chi connectivity index (χ4v) is 1.85. The van der Waals surface area contributed by atoms with Gasteiger partial charge in [0.15, 0.2) is 0 Å². The molecule has 1 saturated carbocycles. The summed E-state index contributed by atoms with van der Waals surface area (Å²) < 4.78 is 3.02. The summed E-state index contributed by atoms with van der Waals surface area (Å²) in [5, 5.41) is 0. The van der Waals surface area contributed by atoms with Crippen molar-refractivity contribution >= 4 is 22.6 Å². The number of aromatic nitrogens is 1. The first kappa shape index (κ1) is 9.24. The molecule has 0 N–H and O–H groups in total. The summed E-state index contributed by atoms with van der Waals surface area (Å²) >= 11 is 2.27. The van der Waals surface area contributed by atoms with Gasteiger partial charge in [0, 0.05) is 22.4 Å². The van der Waals surface area contributed by atoms with Gasteiger partial charge in [-0.1, -0.05) is 0 Å². The van der Waals surface area contributed by atoms with Crippen LogP contribution in [0.15, 0.2) is 17.1 Å². The third kappa shape index (κ3) is 2.13. The van der Waals surface area contributed by atoms with Gasteiger partial charge in [-0.05, 0) is 53.8 Å². The quantitative estimate of drug-likeness (QED) is 0.765. The Balaban J connectivity index is 2.33. The van der Waals surface area contributed by atoms with E-state index in [0.717, 1.165) is 18.0 Å². The first-order chi connectivity index (χ1) is 6.16. The number of hydrogen-bond acceptors (Lipinski definition) is 1. The Bertz CT molecular complexity index is 379. The average Bonchev–Trinajstić information content (AvgIpc) is 2.84. The highest BCUT2D eigenvalue weighted by atomic mass is 127. The van der Waals surface area contributed by atoms with Crippen LogP contribution in [0, 0.1) is 16.4 Å². The molecular formula is C10H12INO. The van der Waals surface area contributed by atoms with Crippen molar-refractivity contribution in [1.82, 2.24) is 4.57 Å². The molecule has 0 spiro atoms. The number of rotatable bonds is 2. The number of hydrogen-bond donors (Lipinski definition) is 0. The van der Waals surface area contributed by atoms with E-state index in [1.807, 2.05) is 17.7 Å². The zero-order chi connectivity index (χ0) is 9.42. The van der Waals surface area contributed by atoms with Gasteiger partial charge in [-0.25, -0.2) is 0 Å². The van der Waals surface area contributed by atoms with Crippen LogP contribution in [0.5, 0.6) is 0 Å². The van der Waals surface area contributed by atoms with Crippen LogP contribution in [0.25, 0.3) is 0 Å². The van der Waals surface area contributed by atoms with Crippen LogP contribution >= 0.6 is 22.6 Å². The number of halogens is 1. The summed E-state index contributed by atoms with van der Waals surface area (Å²) in [7, 11) is 0. The summed E-state index contributed by atoms with van der Waals surface area (Å²) in [5.74, 6) is 0.760. The highest BCUT2D eigenvalue weighted by Crippen LogP contribution is 2.30. The Kier molecular flexibility index (Phi) is 2.45. The zero-order valence-corrected chi connectivity index (χ0v) is 9.74. The molecule has 1 aromatic heterocycles. The Morgan fingerprint density at radius 1 is 1.62 bits per heavy atom. The lowest BCUT2D eigenvalue weighted by Crippen LogP contribution is -2.20. The van der Waals surface area contributed by atoms with Gasteiger partial charge in [0.2, 0.25) is 0 Å². The van der Waals surface area contributed by atoms with Gasteiger partial charge in [-0.2, -0.15) is 0 Å². The van der Waals surface area contributed by atoms with Gasteiger partial charge in [0.05, 0.1) is 0 Å². The van der Waals surface area contributed by atoms with Crippen LogP contribution in [0.2, 0.25) is 0 Å². The highest BCUT2D eigenvalue weighted by molar-refractivity contribution is 14.1. The van der Waals surface area contributed by atoms with Gasteiger partial charge in [0.25, 0.3) is 5.56 Å². The van der Waals surface area contributed by atoms with Crippen molar-refractivity contribution in [3.8, 4) is 0 Å². The molecule has 2 rings (SSSR count). The maximum Gasteiger partial charge on any atom is 0.250 e. The summed E-state index contributed by atoms with van der Waals surface area (Å²) in [5.41, 5.74) is 1.22. The monoisotopic (exact) mass is 289 g/mol. The SMILES string of the molecule is Cc1cc(=O)n(CC2CC2)cc1I. The largest absolute Gasteiger partial charge is 0.314 e. The van der Waals surface area contributed by atoms with Crippen LogP contribution < -0.4 is 5.56 Å². The molecule has 1 aliphatic carbocycles. The molecule has 1 aliphatic rings. The highest BCUT2D eigenvalue weighted by Gasteiger charge is 2.22. The third-order valence-electron chi connectivity index (χ3n) is 2.42. The molecule has 1 fully saturated rings. The van der Waals surface area contributed by atoms with Gasteiger partial charge in [-0.3, -0.25) is 4.79 Å². The summed E-state index contributed by atoms with van der Waals surface area (Å²) in [6, 6.07) is 1.73. The Hall–Kier alpha value is -0.320. The maximum absolute atomic E-state index is 11.5. The molecule has 0 atom stereocenters. The number of pyridine rings is 1. The molecule has 0 aliphatic heterocycles. The lowest BCUT2D eigenvalue weighted by Gasteiger charge is -2.05.